The number of H-pyrrole nitrogens is 1. The summed E-state index contributed by atoms with van der Waals surface area (Å²) >= 11 is 0. The second-order valence-electron chi connectivity index (χ2n) is 8.78. The van der Waals surface area contributed by atoms with Crippen molar-refractivity contribution in [1.82, 2.24) is 20.1 Å². The van der Waals surface area contributed by atoms with Gasteiger partial charge in [-0.25, -0.2) is 4.98 Å². The first-order chi connectivity index (χ1) is 16.1. The minimum Gasteiger partial charge on any atom is -0.361 e. The van der Waals surface area contributed by atoms with E-state index in [9.17, 15) is 0 Å². The van der Waals surface area contributed by atoms with Crippen molar-refractivity contribution >= 4 is 23.0 Å². The third-order valence-electron chi connectivity index (χ3n) is 6.55. The molecule has 3 aromatic heterocycles. The van der Waals surface area contributed by atoms with Gasteiger partial charge in [-0.1, -0.05) is 11.2 Å². The van der Waals surface area contributed by atoms with Gasteiger partial charge in [-0.2, -0.15) is 0 Å². The van der Waals surface area contributed by atoms with Gasteiger partial charge in [0.05, 0.1) is 28.1 Å². The number of nitrogens with one attached hydrogen (secondary N) is 1. The Morgan fingerprint density at radius 1 is 1.12 bits per heavy atom. The summed E-state index contributed by atoms with van der Waals surface area (Å²) in [5.41, 5.74) is 6.39. The van der Waals surface area contributed by atoms with E-state index in [-0.39, 0.29) is 0 Å². The average Bonchev–Trinajstić information content (AvgIpc) is 3.54. The maximum atomic E-state index is 5.50. The summed E-state index contributed by atoms with van der Waals surface area (Å²) in [5, 5.41) is 4.19. The standard InChI is InChI=1S/C26H24N6O/c1-15-23(16(2)33-32-15)19-13-20(24-21(14-19)30-25(31-24)18-8-9-18)26(22-7-4-5-10-28-22)17(3)27-11-6-12-29-26/h4-7,10-14,18H,8-9H2,1-3H3,(H,30,31). The van der Waals surface area contributed by atoms with Gasteiger partial charge < -0.3 is 9.51 Å². The molecule has 0 spiro atoms. The Morgan fingerprint density at radius 3 is 2.73 bits per heavy atom. The lowest BCUT2D eigenvalue weighted by molar-refractivity contribution is 0.393. The minimum absolute atomic E-state index is 0.493. The molecule has 7 nitrogen and oxygen atoms in total. The number of imidazole rings is 1. The van der Waals surface area contributed by atoms with Crippen LogP contribution in [-0.4, -0.2) is 32.0 Å². The molecule has 4 heterocycles. The van der Waals surface area contributed by atoms with Crippen LogP contribution in [0.15, 0.2) is 63.3 Å². The molecule has 164 valence electrons. The lowest BCUT2D eigenvalue weighted by Gasteiger charge is -2.30. The van der Waals surface area contributed by atoms with Crippen molar-refractivity contribution in [1.29, 1.82) is 0 Å². The van der Waals surface area contributed by atoms with Crippen LogP contribution in [-0.2, 0) is 5.54 Å². The van der Waals surface area contributed by atoms with Crippen LogP contribution < -0.4 is 0 Å². The minimum atomic E-state index is -0.909. The Kier molecular flexibility index (Phi) is 4.40. The third-order valence-corrected chi connectivity index (χ3v) is 6.55. The molecule has 7 heteroatoms. The van der Waals surface area contributed by atoms with Crippen LogP contribution in [0.25, 0.3) is 22.2 Å². The van der Waals surface area contributed by atoms with Crippen molar-refractivity contribution in [2.45, 2.75) is 45.1 Å². The molecular weight excluding hydrogens is 412 g/mol. The van der Waals surface area contributed by atoms with E-state index in [2.05, 4.69) is 22.3 Å². The smallest absolute Gasteiger partial charge is 0.167 e. The summed E-state index contributed by atoms with van der Waals surface area (Å²) in [6, 6.07) is 10.2. The highest BCUT2D eigenvalue weighted by molar-refractivity contribution is 6.03. The number of fused-ring (bicyclic) bond motifs is 1. The van der Waals surface area contributed by atoms with E-state index in [0.29, 0.717) is 5.92 Å². The highest BCUT2D eigenvalue weighted by Gasteiger charge is 2.42. The van der Waals surface area contributed by atoms with Crippen molar-refractivity contribution < 1.29 is 4.52 Å². The molecule has 33 heavy (non-hydrogen) atoms. The number of rotatable bonds is 4. The Hall–Kier alpha value is -3.87. The molecule has 6 rings (SSSR count). The van der Waals surface area contributed by atoms with Crippen LogP contribution in [0.5, 0.6) is 0 Å². The number of aromatic amines is 1. The summed E-state index contributed by atoms with van der Waals surface area (Å²) in [4.78, 5) is 23.2. The number of pyridine rings is 1. The van der Waals surface area contributed by atoms with Gasteiger partial charge in [-0.05, 0) is 69.5 Å². The Balaban J connectivity index is 1.72. The molecule has 1 aliphatic carbocycles. The number of hydrogen-bond donors (Lipinski definition) is 1. The fraction of sp³-hybridized carbons (Fsp3) is 0.269. The molecule has 0 saturated heterocycles. The van der Waals surface area contributed by atoms with Crippen molar-refractivity contribution in [3.05, 3.63) is 77.3 Å². The van der Waals surface area contributed by atoms with Gasteiger partial charge in [0.2, 0.25) is 0 Å². The summed E-state index contributed by atoms with van der Waals surface area (Å²) in [7, 11) is 0. The monoisotopic (exact) mass is 436 g/mol. The van der Waals surface area contributed by atoms with Gasteiger partial charge in [0.1, 0.15) is 11.6 Å². The molecule has 0 bridgehead atoms. The third kappa shape index (κ3) is 3.07. The van der Waals surface area contributed by atoms with E-state index in [1.54, 1.807) is 18.6 Å². The van der Waals surface area contributed by atoms with E-state index < -0.39 is 5.54 Å². The largest absolute Gasteiger partial charge is 0.361 e. The number of aryl methyl sites for hydroxylation is 2. The van der Waals surface area contributed by atoms with Gasteiger partial charge >= 0.3 is 0 Å². The Labute approximate surface area is 191 Å². The number of aromatic nitrogens is 4. The highest BCUT2D eigenvalue weighted by Crippen LogP contribution is 2.44. The molecule has 0 amide bonds. The van der Waals surface area contributed by atoms with E-state index in [1.807, 2.05) is 45.0 Å². The molecule has 1 atom stereocenters. The quantitative estimate of drug-likeness (QED) is 0.463. The SMILES string of the molecule is CC1=NC=CC=NC1(c1ccccn1)c1cc(-c2c(C)noc2C)cc2[nH]c(C3CC3)nc12. The molecule has 1 saturated carbocycles. The van der Waals surface area contributed by atoms with Gasteiger partial charge in [0, 0.05) is 35.7 Å². The van der Waals surface area contributed by atoms with E-state index >= 15 is 0 Å². The van der Waals surface area contributed by atoms with Gasteiger partial charge in [0.15, 0.2) is 5.54 Å². The van der Waals surface area contributed by atoms with E-state index in [0.717, 1.165) is 56.4 Å². The molecule has 4 aromatic rings. The van der Waals surface area contributed by atoms with Crippen LogP contribution in [0.3, 0.4) is 0 Å². The average molecular weight is 437 g/mol. The molecule has 1 fully saturated rings. The summed E-state index contributed by atoms with van der Waals surface area (Å²) in [5.74, 6) is 2.30. The van der Waals surface area contributed by atoms with Crippen molar-refractivity contribution in [2.24, 2.45) is 9.98 Å². The zero-order valence-electron chi connectivity index (χ0n) is 18.8. The fourth-order valence-corrected chi connectivity index (χ4v) is 4.77. The predicted octanol–water partition coefficient (Wildman–Crippen LogP) is 5.41. The zero-order chi connectivity index (χ0) is 22.6. The maximum absolute atomic E-state index is 5.50. The lowest BCUT2D eigenvalue weighted by atomic mass is 9.80. The normalized spacial score (nSPS) is 20.3. The van der Waals surface area contributed by atoms with Gasteiger partial charge in [-0.15, -0.1) is 0 Å². The van der Waals surface area contributed by atoms with Crippen LogP contribution >= 0.6 is 0 Å². The van der Waals surface area contributed by atoms with Crippen LogP contribution in [0.1, 0.15) is 54.2 Å². The Bertz CT molecular complexity index is 1440. The zero-order valence-corrected chi connectivity index (χ0v) is 18.8. The second kappa shape index (κ2) is 7.33. The van der Waals surface area contributed by atoms with E-state index in [4.69, 9.17) is 24.5 Å². The first-order valence-corrected chi connectivity index (χ1v) is 11.2. The summed E-state index contributed by atoms with van der Waals surface area (Å²) in [6.07, 6.45) is 9.56. The number of aliphatic imine (C=N–C) groups is 2. The van der Waals surface area contributed by atoms with Crippen molar-refractivity contribution in [3.63, 3.8) is 0 Å². The number of benzene rings is 1. The first-order valence-electron chi connectivity index (χ1n) is 11.2. The van der Waals surface area contributed by atoms with E-state index in [1.165, 1.54) is 12.8 Å². The highest BCUT2D eigenvalue weighted by atomic mass is 16.5. The van der Waals surface area contributed by atoms with Gasteiger partial charge in [-0.3, -0.25) is 15.0 Å². The predicted molar refractivity (Wildman–Crippen MR) is 129 cm³/mol. The number of hydrogen-bond acceptors (Lipinski definition) is 6. The van der Waals surface area contributed by atoms with Gasteiger partial charge in [0.25, 0.3) is 0 Å². The fourth-order valence-electron chi connectivity index (χ4n) is 4.77. The second-order valence-corrected chi connectivity index (χ2v) is 8.78. The number of allylic oxidation sites excluding steroid dienone is 1. The molecule has 2 aliphatic rings. The Morgan fingerprint density at radius 2 is 2.00 bits per heavy atom. The topological polar surface area (TPSA) is 92.3 Å². The van der Waals surface area contributed by atoms with Crippen LogP contribution in [0, 0.1) is 13.8 Å². The summed E-state index contributed by atoms with van der Waals surface area (Å²) < 4.78 is 5.50. The number of nitrogens with zero attached hydrogens (tertiary/aromatic N) is 5. The summed E-state index contributed by atoms with van der Waals surface area (Å²) in [6.45, 7) is 5.91. The molecular formula is C26H24N6O. The molecule has 1 N–H and O–H groups in total. The molecule has 1 aliphatic heterocycles. The van der Waals surface area contributed by atoms with Crippen LogP contribution in [0.4, 0.5) is 0 Å². The molecule has 0 radical (unpaired) electrons. The van der Waals surface area contributed by atoms with Crippen molar-refractivity contribution in [2.75, 3.05) is 0 Å². The van der Waals surface area contributed by atoms with Crippen LogP contribution in [0.2, 0.25) is 0 Å². The first kappa shape index (κ1) is 19.8. The lowest BCUT2D eigenvalue weighted by Crippen LogP contribution is -2.35. The maximum Gasteiger partial charge on any atom is 0.167 e. The molecule has 1 unspecified atom stereocenters. The molecule has 1 aromatic carbocycles. The van der Waals surface area contributed by atoms with Crippen molar-refractivity contribution in [3.8, 4) is 11.1 Å².